The molecule has 3 N–H and O–H groups in total. The minimum Gasteiger partial charge on any atom is -0.434 e. The van der Waals surface area contributed by atoms with Gasteiger partial charge in [0, 0.05) is 6.07 Å². The molecule has 0 aliphatic rings. The highest BCUT2D eigenvalue weighted by molar-refractivity contribution is 5.98. The molecule has 2 rings (SSSR count). The lowest BCUT2D eigenvalue weighted by Crippen LogP contribution is -2.16. The van der Waals surface area contributed by atoms with Crippen LogP contribution in [0.1, 0.15) is 16.8 Å². The van der Waals surface area contributed by atoms with Crippen LogP contribution in [0.25, 0.3) is 0 Å². The zero-order chi connectivity index (χ0) is 14.9. The molecule has 0 aliphatic heterocycles. The van der Waals surface area contributed by atoms with Crippen LogP contribution in [-0.2, 0) is 0 Å². The molecule has 0 saturated carbocycles. The largest absolute Gasteiger partial charge is 0.434 e. The molecule has 0 atom stereocenters. The average Bonchev–Trinajstić information content (AvgIpc) is 2.36. The topological polar surface area (TPSA) is 84.9 Å². The number of nitrogens with zero attached hydrogens (tertiary/aromatic N) is 2. The molecular formula is C13H12F2N4O. The van der Waals surface area contributed by atoms with Gasteiger partial charge < -0.3 is 10.5 Å². The van der Waals surface area contributed by atoms with Crippen molar-refractivity contribution in [3.63, 3.8) is 0 Å². The summed E-state index contributed by atoms with van der Waals surface area (Å²) in [5, 5.41) is 15.2. The molecule has 0 amide bonds. The third kappa shape index (κ3) is 2.56. The van der Waals surface area contributed by atoms with Crippen molar-refractivity contribution in [3.8, 4) is 11.6 Å². The summed E-state index contributed by atoms with van der Waals surface area (Å²) >= 11 is 0. The molecule has 1 heterocycles. The predicted octanol–water partition coefficient (Wildman–Crippen LogP) is 2.45. The monoisotopic (exact) mass is 278 g/mol. The van der Waals surface area contributed by atoms with Crippen molar-refractivity contribution in [2.75, 3.05) is 0 Å². The fourth-order valence-corrected chi connectivity index (χ4v) is 1.64. The van der Waals surface area contributed by atoms with E-state index >= 15 is 0 Å². The van der Waals surface area contributed by atoms with Crippen LogP contribution in [0.4, 0.5) is 8.78 Å². The van der Waals surface area contributed by atoms with Crippen LogP contribution in [0.3, 0.4) is 0 Å². The van der Waals surface area contributed by atoms with Crippen molar-refractivity contribution in [1.29, 1.82) is 5.41 Å². The smallest absolute Gasteiger partial charge is 0.250 e. The summed E-state index contributed by atoms with van der Waals surface area (Å²) in [6.45, 7) is 3.41. The molecule has 0 unspecified atom stereocenters. The molecule has 0 saturated heterocycles. The lowest BCUT2D eigenvalue weighted by Gasteiger charge is -2.12. The van der Waals surface area contributed by atoms with Gasteiger partial charge in [0.2, 0.25) is 5.88 Å². The summed E-state index contributed by atoms with van der Waals surface area (Å²) in [7, 11) is 0. The highest BCUT2D eigenvalue weighted by atomic mass is 19.1. The summed E-state index contributed by atoms with van der Waals surface area (Å²) in [4.78, 5) is 0. The average molecular weight is 278 g/mol. The van der Waals surface area contributed by atoms with Gasteiger partial charge in [-0.25, -0.2) is 8.78 Å². The predicted molar refractivity (Wildman–Crippen MR) is 69.0 cm³/mol. The van der Waals surface area contributed by atoms with E-state index in [1.807, 2.05) is 0 Å². The second-order valence-electron chi connectivity index (χ2n) is 4.18. The van der Waals surface area contributed by atoms with Gasteiger partial charge in [0.25, 0.3) is 0 Å². The van der Waals surface area contributed by atoms with Crippen molar-refractivity contribution < 1.29 is 13.5 Å². The van der Waals surface area contributed by atoms with Gasteiger partial charge in [0.15, 0.2) is 11.6 Å². The van der Waals surface area contributed by atoms with E-state index in [9.17, 15) is 8.78 Å². The first-order valence-electron chi connectivity index (χ1n) is 5.71. The molecule has 104 valence electrons. The number of aromatic nitrogens is 2. The van der Waals surface area contributed by atoms with Crippen molar-refractivity contribution in [2.24, 2.45) is 5.73 Å². The second-order valence-corrected chi connectivity index (χ2v) is 4.18. The summed E-state index contributed by atoms with van der Waals surface area (Å²) in [6, 6.07) is 2.88. The molecule has 0 bridgehead atoms. The van der Waals surface area contributed by atoms with Gasteiger partial charge in [-0.05, 0) is 31.5 Å². The SMILES string of the molecule is Cc1nnc(Oc2ccc(F)cc2F)c(C(=N)N)c1C. The third-order valence-corrected chi connectivity index (χ3v) is 2.79. The van der Waals surface area contributed by atoms with Crippen molar-refractivity contribution in [3.05, 3.63) is 46.7 Å². The molecule has 1 aromatic heterocycles. The quantitative estimate of drug-likeness (QED) is 0.667. The Labute approximate surface area is 113 Å². The van der Waals surface area contributed by atoms with Crippen LogP contribution in [-0.4, -0.2) is 16.0 Å². The molecule has 0 spiro atoms. The van der Waals surface area contributed by atoms with Crippen LogP contribution < -0.4 is 10.5 Å². The summed E-state index contributed by atoms with van der Waals surface area (Å²) in [6.07, 6.45) is 0. The van der Waals surface area contributed by atoms with E-state index in [1.54, 1.807) is 13.8 Å². The molecule has 0 aliphatic carbocycles. The van der Waals surface area contributed by atoms with E-state index in [0.717, 1.165) is 12.1 Å². The fourth-order valence-electron chi connectivity index (χ4n) is 1.64. The third-order valence-electron chi connectivity index (χ3n) is 2.79. The summed E-state index contributed by atoms with van der Waals surface area (Å²) in [5.41, 5.74) is 6.92. The first-order chi connectivity index (χ1) is 9.40. The minimum absolute atomic E-state index is 0.0916. The Balaban J connectivity index is 2.48. The number of amidine groups is 1. The molecular weight excluding hydrogens is 266 g/mol. The van der Waals surface area contributed by atoms with Gasteiger partial charge >= 0.3 is 0 Å². The summed E-state index contributed by atoms with van der Waals surface area (Å²) < 4.78 is 31.6. The number of rotatable bonds is 3. The lowest BCUT2D eigenvalue weighted by molar-refractivity contribution is 0.416. The Kier molecular flexibility index (Phi) is 3.60. The van der Waals surface area contributed by atoms with Crippen molar-refractivity contribution in [1.82, 2.24) is 10.2 Å². The van der Waals surface area contributed by atoms with Crippen LogP contribution in [0.2, 0.25) is 0 Å². The van der Waals surface area contributed by atoms with Gasteiger partial charge in [-0.1, -0.05) is 0 Å². The minimum atomic E-state index is -0.875. The van der Waals surface area contributed by atoms with Crippen LogP contribution in [0.5, 0.6) is 11.6 Å². The number of hydrogen-bond donors (Lipinski definition) is 2. The molecule has 5 nitrogen and oxygen atoms in total. The first-order valence-corrected chi connectivity index (χ1v) is 5.71. The molecule has 7 heteroatoms. The number of aryl methyl sites for hydroxylation is 1. The molecule has 0 radical (unpaired) electrons. The number of ether oxygens (including phenoxy) is 1. The number of benzene rings is 1. The first kappa shape index (κ1) is 13.9. The van der Waals surface area contributed by atoms with Gasteiger partial charge in [-0.15, -0.1) is 5.10 Å². The Morgan fingerprint density at radius 3 is 2.55 bits per heavy atom. The fraction of sp³-hybridized carbons (Fsp3) is 0.154. The maximum absolute atomic E-state index is 13.6. The van der Waals surface area contributed by atoms with E-state index < -0.39 is 11.6 Å². The van der Waals surface area contributed by atoms with E-state index in [0.29, 0.717) is 17.3 Å². The zero-order valence-corrected chi connectivity index (χ0v) is 10.9. The number of nitrogen functional groups attached to an aromatic ring is 1. The van der Waals surface area contributed by atoms with E-state index in [1.165, 1.54) is 0 Å². The Hall–Kier alpha value is -2.57. The van der Waals surface area contributed by atoms with Crippen LogP contribution in [0.15, 0.2) is 18.2 Å². The highest BCUT2D eigenvalue weighted by Gasteiger charge is 2.17. The van der Waals surface area contributed by atoms with Gasteiger partial charge in [0.1, 0.15) is 11.7 Å². The van der Waals surface area contributed by atoms with Gasteiger partial charge in [-0.3, -0.25) is 5.41 Å². The summed E-state index contributed by atoms with van der Waals surface area (Å²) in [5.74, 6) is -2.16. The lowest BCUT2D eigenvalue weighted by atomic mass is 10.1. The zero-order valence-electron chi connectivity index (χ0n) is 10.9. The normalized spacial score (nSPS) is 10.4. The van der Waals surface area contributed by atoms with E-state index in [2.05, 4.69) is 10.2 Å². The Bertz CT molecular complexity index is 688. The van der Waals surface area contributed by atoms with Crippen LogP contribution >= 0.6 is 0 Å². The van der Waals surface area contributed by atoms with Gasteiger partial charge in [-0.2, -0.15) is 5.10 Å². The van der Waals surface area contributed by atoms with Crippen molar-refractivity contribution >= 4 is 5.84 Å². The molecule has 0 fully saturated rings. The number of nitrogens with one attached hydrogen (secondary N) is 1. The number of hydrogen-bond acceptors (Lipinski definition) is 4. The Morgan fingerprint density at radius 1 is 1.25 bits per heavy atom. The molecule has 1 aromatic carbocycles. The van der Waals surface area contributed by atoms with Gasteiger partial charge in [0.05, 0.1) is 11.3 Å². The maximum atomic E-state index is 13.6. The van der Waals surface area contributed by atoms with Crippen LogP contribution in [0, 0.1) is 30.9 Å². The highest BCUT2D eigenvalue weighted by Crippen LogP contribution is 2.27. The second kappa shape index (κ2) is 5.20. The van der Waals surface area contributed by atoms with E-state index in [4.69, 9.17) is 15.9 Å². The molecule has 2 aromatic rings. The molecule has 20 heavy (non-hydrogen) atoms. The number of halogens is 2. The van der Waals surface area contributed by atoms with E-state index in [-0.39, 0.29) is 23.0 Å². The number of nitrogens with two attached hydrogens (primary N) is 1. The maximum Gasteiger partial charge on any atom is 0.250 e. The van der Waals surface area contributed by atoms with Crippen molar-refractivity contribution in [2.45, 2.75) is 13.8 Å². The standard InChI is InChI=1S/C13H12F2N4O/c1-6-7(2)18-19-13(11(6)12(16)17)20-10-4-3-8(14)5-9(10)15/h3-5H,1-2H3,(H3,16,17). The Morgan fingerprint density at radius 2 is 1.95 bits per heavy atom.